The molecule has 0 aliphatic carbocycles. The number of nitrogens with zero attached hydrogens (tertiary/aromatic N) is 2. The molecule has 1 fully saturated rings. The Morgan fingerprint density at radius 2 is 2.11 bits per heavy atom. The molecule has 1 aromatic heterocycles. The lowest BCUT2D eigenvalue weighted by atomic mass is 9.77. The molecule has 2 rings (SSSR count). The Morgan fingerprint density at radius 1 is 1.42 bits per heavy atom. The Hall–Kier alpha value is -1.01. The standard InChI is InChI=1S/C13H21N3O2S/c1-4-13(5-7-18-8-6-13)11(17)14-12-16-15-10(19-12)9(2)3/h9H,4-8H2,1-3H3,(H,14,16,17). The van der Waals surface area contributed by atoms with Gasteiger partial charge in [0.1, 0.15) is 5.01 Å². The molecular weight excluding hydrogens is 262 g/mol. The van der Waals surface area contributed by atoms with Crippen molar-refractivity contribution in [3.8, 4) is 0 Å². The molecule has 1 aromatic rings. The largest absolute Gasteiger partial charge is 0.381 e. The molecular formula is C13H21N3O2S. The molecule has 1 aliphatic heterocycles. The van der Waals surface area contributed by atoms with E-state index in [9.17, 15) is 4.79 Å². The van der Waals surface area contributed by atoms with Crippen LogP contribution in [-0.4, -0.2) is 29.3 Å². The number of rotatable bonds is 4. The zero-order valence-corrected chi connectivity index (χ0v) is 12.5. The summed E-state index contributed by atoms with van der Waals surface area (Å²) in [5, 5.41) is 12.6. The van der Waals surface area contributed by atoms with Crippen LogP contribution < -0.4 is 5.32 Å². The van der Waals surface area contributed by atoms with Crippen molar-refractivity contribution in [2.75, 3.05) is 18.5 Å². The second-order valence-electron chi connectivity index (χ2n) is 5.30. The van der Waals surface area contributed by atoms with Crippen LogP contribution in [0.2, 0.25) is 0 Å². The fourth-order valence-corrected chi connectivity index (χ4v) is 2.99. The molecule has 1 aliphatic rings. The van der Waals surface area contributed by atoms with E-state index in [1.807, 2.05) is 0 Å². The Morgan fingerprint density at radius 3 is 2.63 bits per heavy atom. The van der Waals surface area contributed by atoms with Gasteiger partial charge in [-0.15, -0.1) is 10.2 Å². The molecule has 1 amide bonds. The minimum Gasteiger partial charge on any atom is -0.381 e. The van der Waals surface area contributed by atoms with Crippen LogP contribution in [0, 0.1) is 5.41 Å². The molecule has 0 radical (unpaired) electrons. The van der Waals surface area contributed by atoms with E-state index in [4.69, 9.17) is 4.74 Å². The molecule has 1 N–H and O–H groups in total. The second-order valence-corrected chi connectivity index (χ2v) is 6.31. The maximum Gasteiger partial charge on any atom is 0.232 e. The summed E-state index contributed by atoms with van der Waals surface area (Å²) in [6, 6.07) is 0. The maximum atomic E-state index is 12.5. The van der Waals surface area contributed by atoms with Gasteiger partial charge in [-0.25, -0.2) is 0 Å². The number of carbonyl (C=O) groups is 1. The lowest BCUT2D eigenvalue weighted by Crippen LogP contribution is -2.40. The Bertz CT molecular complexity index is 439. The van der Waals surface area contributed by atoms with Gasteiger partial charge in [0, 0.05) is 19.1 Å². The normalized spacial score (nSPS) is 18.5. The van der Waals surface area contributed by atoms with Crippen molar-refractivity contribution in [3.05, 3.63) is 5.01 Å². The van der Waals surface area contributed by atoms with E-state index < -0.39 is 0 Å². The summed E-state index contributed by atoms with van der Waals surface area (Å²) in [7, 11) is 0. The van der Waals surface area contributed by atoms with E-state index >= 15 is 0 Å². The van der Waals surface area contributed by atoms with Crippen LogP contribution in [-0.2, 0) is 9.53 Å². The van der Waals surface area contributed by atoms with Crippen molar-refractivity contribution in [1.29, 1.82) is 0 Å². The first-order valence-corrected chi connectivity index (χ1v) is 7.61. The summed E-state index contributed by atoms with van der Waals surface area (Å²) >= 11 is 1.46. The predicted molar refractivity (Wildman–Crippen MR) is 75.4 cm³/mol. The lowest BCUT2D eigenvalue weighted by Gasteiger charge is -2.34. The monoisotopic (exact) mass is 283 g/mol. The highest BCUT2D eigenvalue weighted by Gasteiger charge is 2.38. The third kappa shape index (κ3) is 3.12. The molecule has 0 unspecified atom stereocenters. The number of carbonyl (C=O) groups excluding carboxylic acids is 1. The Balaban J connectivity index is 2.06. The van der Waals surface area contributed by atoms with Crippen LogP contribution in [0.4, 0.5) is 5.13 Å². The van der Waals surface area contributed by atoms with E-state index in [0.717, 1.165) is 24.3 Å². The van der Waals surface area contributed by atoms with Gasteiger partial charge in [-0.1, -0.05) is 32.1 Å². The minimum absolute atomic E-state index is 0.0600. The Labute approximate surface area is 117 Å². The molecule has 5 nitrogen and oxygen atoms in total. The highest BCUT2D eigenvalue weighted by Crippen LogP contribution is 2.35. The molecule has 0 atom stereocenters. The van der Waals surface area contributed by atoms with E-state index in [1.165, 1.54) is 11.3 Å². The summed E-state index contributed by atoms with van der Waals surface area (Å²) < 4.78 is 5.36. The van der Waals surface area contributed by atoms with E-state index in [2.05, 4.69) is 36.3 Å². The SMILES string of the molecule is CCC1(C(=O)Nc2nnc(C(C)C)s2)CCOCC1. The average Bonchev–Trinajstić information content (AvgIpc) is 2.88. The van der Waals surface area contributed by atoms with Crippen molar-refractivity contribution in [2.24, 2.45) is 5.41 Å². The summed E-state index contributed by atoms with van der Waals surface area (Å²) in [6.45, 7) is 7.52. The molecule has 19 heavy (non-hydrogen) atoms. The van der Waals surface area contributed by atoms with Crippen molar-refractivity contribution < 1.29 is 9.53 Å². The average molecular weight is 283 g/mol. The molecule has 2 heterocycles. The van der Waals surface area contributed by atoms with Gasteiger partial charge in [-0.05, 0) is 19.3 Å². The third-order valence-corrected chi connectivity index (χ3v) is 4.90. The van der Waals surface area contributed by atoms with E-state index in [-0.39, 0.29) is 11.3 Å². The molecule has 0 spiro atoms. The van der Waals surface area contributed by atoms with Crippen LogP contribution in [0.25, 0.3) is 0 Å². The topological polar surface area (TPSA) is 64.1 Å². The Kier molecular flexibility index (Phi) is 4.52. The minimum atomic E-state index is -0.304. The number of hydrogen-bond acceptors (Lipinski definition) is 5. The van der Waals surface area contributed by atoms with Crippen molar-refractivity contribution >= 4 is 22.4 Å². The third-order valence-electron chi connectivity index (χ3n) is 3.76. The molecule has 6 heteroatoms. The number of hydrogen-bond donors (Lipinski definition) is 1. The van der Waals surface area contributed by atoms with E-state index in [1.54, 1.807) is 0 Å². The predicted octanol–water partition coefficient (Wildman–Crippen LogP) is 2.81. The van der Waals surface area contributed by atoms with Gasteiger partial charge in [0.25, 0.3) is 0 Å². The molecule has 106 valence electrons. The first kappa shape index (κ1) is 14.4. The fraction of sp³-hybridized carbons (Fsp3) is 0.769. The number of anilines is 1. The summed E-state index contributed by atoms with van der Waals surface area (Å²) in [4.78, 5) is 12.5. The van der Waals surface area contributed by atoms with Gasteiger partial charge in [0.15, 0.2) is 0 Å². The van der Waals surface area contributed by atoms with Crippen LogP contribution in [0.1, 0.15) is 51.0 Å². The number of amides is 1. The first-order chi connectivity index (χ1) is 9.07. The number of ether oxygens (including phenoxy) is 1. The highest BCUT2D eigenvalue weighted by atomic mass is 32.1. The van der Waals surface area contributed by atoms with Crippen molar-refractivity contribution in [2.45, 2.75) is 46.0 Å². The zero-order valence-electron chi connectivity index (χ0n) is 11.7. The van der Waals surface area contributed by atoms with E-state index in [0.29, 0.717) is 24.3 Å². The fourth-order valence-electron chi connectivity index (χ4n) is 2.25. The quantitative estimate of drug-likeness (QED) is 0.923. The van der Waals surface area contributed by atoms with Crippen LogP contribution in [0.15, 0.2) is 0 Å². The van der Waals surface area contributed by atoms with Crippen molar-refractivity contribution in [1.82, 2.24) is 10.2 Å². The summed E-state index contributed by atoms with van der Waals surface area (Å²) in [5.41, 5.74) is -0.304. The van der Waals surface area contributed by atoms with Crippen LogP contribution in [0.5, 0.6) is 0 Å². The lowest BCUT2D eigenvalue weighted by molar-refractivity contribution is -0.131. The molecule has 0 bridgehead atoms. The first-order valence-electron chi connectivity index (χ1n) is 6.80. The highest BCUT2D eigenvalue weighted by molar-refractivity contribution is 7.15. The number of nitrogens with one attached hydrogen (secondary N) is 1. The van der Waals surface area contributed by atoms with Gasteiger partial charge >= 0.3 is 0 Å². The van der Waals surface area contributed by atoms with Crippen LogP contribution >= 0.6 is 11.3 Å². The summed E-state index contributed by atoms with van der Waals surface area (Å²) in [5.74, 6) is 0.399. The number of aromatic nitrogens is 2. The van der Waals surface area contributed by atoms with Gasteiger partial charge in [0.05, 0.1) is 5.41 Å². The van der Waals surface area contributed by atoms with Gasteiger partial charge in [0.2, 0.25) is 11.0 Å². The summed E-state index contributed by atoms with van der Waals surface area (Å²) in [6.07, 6.45) is 2.40. The van der Waals surface area contributed by atoms with Gasteiger partial charge < -0.3 is 10.1 Å². The van der Waals surface area contributed by atoms with Gasteiger partial charge in [-0.2, -0.15) is 0 Å². The molecule has 1 saturated heterocycles. The van der Waals surface area contributed by atoms with Crippen LogP contribution in [0.3, 0.4) is 0 Å². The molecule has 0 aromatic carbocycles. The maximum absolute atomic E-state index is 12.5. The smallest absolute Gasteiger partial charge is 0.232 e. The molecule has 0 saturated carbocycles. The second kappa shape index (κ2) is 5.96. The zero-order chi connectivity index (χ0) is 13.9. The van der Waals surface area contributed by atoms with Gasteiger partial charge in [-0.3, -0.25) is 4.79 Å². The van der Waals surface area contributed by atoms with Crippen molar-refractivity contribution in [3.63, 3.8) is 0 Å².